The van der Waals surface area contributed by atoms with E-state index in [-0.39, 0.29) is 11.5 Å². The zero-order valence-electron chi connectivity index (χ0n) is 10.7. The molecule has 0 radical (unpaired) electrons. The topological polar surface area (TPSA) is 91.2 Å². The van der Waals surface area contributed by atoms with Gasteiger partial charge < -0.3 is 10.2 Å². The van der Waals surface area contributed by atoms with Crippen molar-refractivity contribution >= 4 is 29.4 Å². The van der Waals surface area contributed by atoms with Crippen LogP contribution < -0.4 is 10.9 Å². The van der Waals surface area contributed by atoms with Crippen LogP contribution >= 0.6 is 0 Å². The largest absolute Gasteiger partial charge is 0.369 e. The smallest absolute Gasteiger partial charge is 0.280 e. The second-order valence-corrected chi connectivity index (χ2v) is 4.01. The lowest BCUT2D eigenvalue weighted by Gasteiger charge is -2.02. The summed E-state index contributed by atoms with van der Waals surface area (Å²) in [6, 6.07) is 0. The molecular formula is C10H15N7O. The van der Waals surface area contributed by atoms with Crippen molar-refractivity contribution in [3.63, 3.8) is 0 Å². The second-order valence-electron chi connectivity index (χ2n) is 4.01. The molecule has 0 aliphatic heterocycles. The van der Waals surface area contributed by atoms with Gasteiger partial charge in [0.1, 0.15) is 0 Å². The van der Waals surface area contributed by atoms with Gasteiger partial charge in [-0.15, -0.1) is 0 Å². The number of hydrogen-bond acceptors (Lipinski definition) is 5. The Bertz CT molecular complexity index is 652. The molecule has 0 fully saturated rings. The SMILES string of the molecule is CNc1nc2c(=O)[nH]c(/N=C/N(C)C)nc2n1C. The lowest BCUT2D eigenvalue weighted by atomic mass is 10.5. The average molecular weight is 249 g/mol. The lowest BCUT2D eigenvalue weighted by Crippen LogP contribution is -2.10. The quantitative estimate of drug-likeness (QED) is 0.586. The first-order valence-electron chi connectivity index (χ1n) is 5.38. The molecule has 2 heterocycles. The molecule has 8 nitrogen and oxygen atoms in total. The minimum atomic E-state index is -0.303. The van der Waals surface area contributed by atoms with Gasteiger partial charge in [-0.05, 0) is 0 Å². The van der Waals surface area contributed by atoms with E-state index in [0.717, 1.165) is 0 Å². The maximum absolute atomic E-state index is 11.8. The van der Waals surface area contributed by atoms with Crippen LogP contribution in [0.25, 0.3) is 11.2 Å². The van der Waals surface area contributed by atoms with E-state index in [9.17, 15) is 4.79 Å². The molecule has 0 spiro atoms. The van der Waals surface area contributed by atoms with Crippen LogP contribution in [0.4, 0.5) is 11.9 Å². The number of nitrogens with one attached hydrogen (secondary N) is 2. The van der Waals surface area contributed by atoms with Gasteiger partial charge in [0.2, 0.25) is 11.9 Å². The highest BCUT2D eigenvalue weighted by molar-refractivity contribution is 5.74. The predicted octanol–water partition coefficient (Wildman–Crippen LogP) is -0.0803. The number of hydrogen-bond donors (Lipinski definition) is 2. The molecule has 2 rings (SSSR count). The van der Waals surface area contributed by atoms with E-state index in [0.29, 0.717) is 17.1 Å². The number of nitrogens with zero attached hydrogens (tertiary/aromatic N) is 5. The van der Waals surface area contributed by atoms with Crippen LogP contribution in [0.1, 0.15) is 0 Å². The van der Waals surface area contributed by atoms with Crippen molar-refractivity contribution in [3.05, 3.63) is 10.4 Å². The van der Waals surface area contributed by atoms with Gasteiger partial charge in [-0.3, -0.25) is 14.3 Å². The fourth-order valence-electron chi connectivity index (χ4n) is 1.51. The van der Waals surface area contributed by atoms with Crippen molar-refractivity contribution in [2.24, 2.45) is 12.0 Å². The van der Waals surface area contributed by atoms with Gasteiger partial charge in [-0.2, -0.15) is 4.98 Å². The first-order valence-corrected chi connectivity index (χ1v) is 5.38. The summed E-state index contributed by atoms with van der Waals surface area (Å²) in [5, 5.41) is 2.89. The zero-order chi connectivity index (χ0) is 13.3. The Hall–Kier alpha value is -2.38. The highest BCUT2D eigenvalue weighted by Crippen LogP contribution is 2.14. The number of aromatic nitrogens is 4. The van der Waals surface area contributed by atoms with Gasteiger partial charge in [0.15, 0.2) is 11.2 Å². The molecule has 0 atom stereocenters. The number of fused-ring (bicyclic) bond motifs is 1. The molecule has 18 heavy (non-hydrogen) atoms. The number of anilines is 1. The molecule has 0 aromatic carbocycles. The van der Waals surface area contributed by atoms with E-state index in [1.165, 1.54) is 0 Å². The minimum absolute atomic E-state index is 0.256. The average Bonchev–Trinajstić information content (AvgIpc) is 2.65. The minimum Gasteiger partial charge on any atom is -0.369 e. The van der Waals surface area contributed by atoms with Gasteiger partial charge in [0, 0.05) is 28.2 Å². The first kappa shape index (κ1) is 12.1. The highest BCUT2D eigenvalue weighted by atomic mass is 16.1. The van der Waals surface area contributed by atoms with Gasteiger partial charge in [0.25, 0.3) is 5.56 Å². The number of aryl methyl sites for hydroxylation is 1. The molecular weight excluding hydrogens is 234 g/mol. The maximum Gasteiger partial charge on any atom is 0.280 e. The summed E-state index contributed by atoms with van der Waals surface area (Å²) >= 11 is 0. The summed E-state index contributed by atoms with van der Waals surface area (Å²) in [4.78, 5) is 28.6. The van der Waals surface area contributed by atoms with Crippen LogP contribution in [-0.2, 0) is 7.05 Å². The van der Waals surface area contributed by atoms with Crippen LogP contribution in [0.3, 0.4) is 0 Å². The van der Waals surface area contributed by atoms with E-state index >= 15 is 0 Å². The third kappa shape index (κ3) is 2.04. The third-order valence-corrected chi connectivity index (χ3v) is 2.35. The van der Waals surface area contributed by atoms with Gasteiger partial charge in [-0.25, -0.2) is 9.98 Å². The Balaban J connectivity index is 2.61. The van der Waals surface area contributed by atoms with Crippen LogP contribution in [0, 0.1) is 0 Å². The number of rotatable bonds is 3. The Kier molecular flexibility index (Phi) is 3.00. The van der Waals surface area contributed by atoms with Crippen LogP contribution in [-0.4, -0.2) is 51.9 Å². The number of aliphatic imine (C=N–C) groups is 1. The normalized spacial score (nSPS) is 11.3. The van der Waals surface area contributed by atoms with Gasteiger partial charge >= 0.3 is 0 Å². The van der Waals surface area contributed by atoms with E-state index in [1.54, 1.807) is 29.9 Å². The lowest BCUT2D eigenvalue weighted by molar-refractivity contribution is 0.642. The Morgan fingerprint density at radius 2 is 2.17 bits per heavy atom. The van der Waals surface area contributed by atoms with Crippen LogP contribution in [0.15, 0.2) is 9.79 Å². The van der Waals surface area contributed by atoms with Crippen molar-refractivity contribution in [3.8, 4) is 0 Å². The van der Waals surface area contributed by atoms with Crippen molar-refractivity contribution in [1.82, 2.24) is 24.4 Å². The summed E-state index contributed by atoms with van der Waals surface area (Å²) in [5.74, 6) is 0.837. The van der Waals surface area contributed by atoms with Crippen molar-refractivity contribution in [2.45, 2.75) is 0 Å². The molecule has 2 aromatic heterocycles. The molecule has 0 aliphatic rings. The molecule has 0 aliphatic carbocycles. The fraction of sp³-hybridized carbons (Fsp3) is 0.400. The summed E-state index contributed by atoms with van der Waals surface area (Å²) < 4.78 is 1.71. The third-order valence-electron chi connectivity index (χ3n) is 2.35. The molecule has 0 amide bonds. The van der Waals surface area contributed by atoms with Gasteiger partial charge in [0.05, 0.1) is 6.34 Å². The summed E-state index contributed by atoms with van der Waals surface area (Å²) in [5.41, 5.74) is 0.489. The van der Waals surface area contributed by atoms with Crippen molar-refractivity contribution in [1.29, 1.82) is 0 Å². The Morgan fingerprint density at radius 1 is 1.44 bits per heavy atom. The molecule has 96 valence electrons. The van der Waals surface area contributed by atoms with Crippen molar-refractivity contribution in [2.75, 3.05) is 26.5 Å². The highest BCUT2D eigenvalue weighted by Gasteiger charge is 2.12. The Labute approximate surface area is 103 Å². The monoisotopic (exact) mass is 249 g/mol. The molecule has 0 unspecified atom stereocenters. The fourth-order valence-corrected chi connectivity index (χ4v) is 1.51. The van der Waals surface area contributed by atoms with Crippen LogP contribution in [0.2, 0.25) is 0 Å². The standard InChI is InChI=1S/C10H15N7O/c1-11-10-13-6-7(17(10)4)14-9(15-8(6)18)12-5-16(2)3/h5H,1-4H3,(H,11,13)(H,14,15,18)/b12-5+. The van der Waals surface area contributed by atoms with E-state index in [1.807, 2.05) is 14.1 Å². The summed E-state index contributed by atoms with van der Waals surface area (Å²) in [6.07, 6.45) is 1.57. The summed E-state index contributed by atoms with van der Waals surface area (Å²) in [7, 11) is 7.19. The number of imidazole rings is 1. The number of H-pyrrole nitrogens is 1. The predicted molar refractivity (Wildman–Crippen MR) is 70.5 cm³/mol. The zero-order valence-corrected chi connectivity index (χ0v) is 10.7. The van der Waals surface area contributed by atoms with E-state index in [4.69, 9.17) is 0 Å². The molecule has 8 heteroatoms. The van der Waals surface area contributed by atoms with Crippen molar-refractivity contribution < 1.29 is 0 Å². The summed E-state index contributed by atoms with van der Waals surface area (Å²) in [6.45, 7) is 0. The first-order chi connectivity index (χ1) is 8.52. The Morgan fingerprint density at radius 3 is 2.78 bits per heavy atom. The van der Waals surface area contributed by atoms with Crippen LogP contribution in [0.5, 0.6) is 0 Å². The molecule has 0 saturated carbocycles. The molecule has 0 saturated heterocycles. The molecule has 2 aromatic rings. The maximum atomic E-state index is 11.8. The number of aromatic amines is 1. The molecule has 2 N–H and O–H groups in total. The second kappa shape index (κ2) is 4.47. The molecule has 0 bridgehead atoms. The van der Waals surface area contributed by atoms with E-state index < -0.39 is 0 Å². The van der Waals surface area contributed by atoms with E-state index in [2.05, 4.69) is 25.3 Å². The van der Waals surface area contributed by atoms with Gasteiger partial charge in [-0.1, -0.05) is 0 Å².